The molecule has 0 aromatic heterocycles. The summed E-state index contributed by atoms with van der Waals surface area (Å²) >= 11 is 6.01. The van der Waals surface area contributed by atoms with Gasteiger partial charge in [0.2, 0.25) is 0 Å². The molecular formula is C29H38ClN5O2. The Morgan fingerprint density at radius 2 is 1.73 bits per heavy atom. The standard InChI is InChI=1S/C29H38ClN5O2/c1-21-17-23(30)3-5-27(21)29(36)19-31-20-32-28-6-4-26(18-22(28)2)33-11-7-24(8-12-33)35(34-13-14-34)25-9-15-37-16-10-25/h3-6,17-18,24-25,29,36H,7-16,19H2,1-2H3. The Labute approximate surface area is 225 Å². The van der Waals surface area contributed by atoms with Crippen molar-refractivity contribution in [3.63, 3.8) is 0 Å². The number of aliphatic hydroxyl groups is 1. The van der Waals surface area contributed by atoms with Crippen LogP contribution < -0.4 is 4.90 Å². The van der Waals surface area contributed by atoms with Crippen LogP contribution in [0.3, 0.4) is 0 Å². The van der Waals surface area contributed by atoms with Crippen molar-refractivity contribution in [2.45, 2.75) is 57.7 Å². The molecule has 8 heteroatoms. The molecule has 7 nitrogen and oxygen atoms in total. The normalized spacial score (nSPS) is 20.1. The van der Waals surface area contributed by atoms with Crippen LogP contribution in [0.5, 0.6) is 0 Å². The van der Waals surface area contributed by atoms with Gasteiger partial charge in [-0.15, -0.1) is 0 Å². The molecule has 5 rings (SSSR count). The van der Waals surface area contributed by atoms with Crippen LogP contribution in [0.1, 0.15) is 48.5 Å². The maximum absolute atomic E-state index is 10.5. The highest BCUT2D eigenvalue weighted by Gasteiger charge is 2.38. The van der Waals surface area contributed by atoms with Crippen LogP contribution in [0.25, 0.3) is 0 Å². The predicted octanol–water partition coefficient (Wildman–Crippen LogP) is 5.18. The Kier molecular flexibility index (Phi) is 8.60. The summed E-state index contributed by atoms with van der Waals surface area (Å²) in [5.74, 6) is 0. The molecule has 198 valence electrons. The zero-order valence-corrected chi connectivity index (χ0v) is 22.7. The van der Waals surface area contributed by atoms with Gasteiger partial charge in [-0.05, 0) is 86.6 Å². The van der Waals surface area contributed by atoms with Crippen LogP contribution in [0.2, 0.25) is 5.02 Å². The fraction of sp³-hybridized carbons (Fsp3) is 0.552. The van der Waals surface area contributed by atoms with Gasteiger partial charge in [-0.25, -0.2) is 15.0 Å². The lowest BCUT2D eigenvalue weighted by molar-refractivity contribution is -0.0636. The molecule has 1 atom stereocenters. The van der Waals surface area contributed by atoms with Crippen molar-refractivity contribution < 1.29 is 9.84 Å². The number of benzene rings is 2. The molecule has 3 aliphatic rings. The summed E-state index contributed by atoms with van der Waals surface area (Å²) < 4.78 is 5.61. The van der Waals surface area contributed by atoms with E-state index in [4.69, 9.17) is 16.3 Å². The second kappa shape index (κ2) is 12.1. The molecule has 37 heavy (non-hydrogen) atoms. The van der Waals surface area contributed by atoms with Crippen LogP contribution >= 0.6 is 11.6 Å². The van der Waals surface area contributed by atoms with E-state index in [1.165, 1.54) is 31.6 Å². The molecule has 0 radical (unpaired) electrons. The van der Waals surface area contributed by atoms with Gasteiger partial charge in [-0.1, -0.05) is 17.7 Å². The zero-order valence-electron chi connectivity index (χ0n) is 21.9. The largest absolute Gasteiger partial charge is 0.386 e. The lowest BCUT2D eigenvalue weighted by atomic mass is 9.99. The number of hydrogen-bond donors (Lipinski definition) is 1. The molecule has 0 aliphatic carbocycles. The molecule has 2 aromatic rings. The SMILES string of the molecule is Cc1cc(N2CCC(N(C3CCOCC3)N3CC3)CC2)ccc1N=C=NCC(O)c1ccc(Cl)cc1C. The summed E-state index contributed by atoms with van der Waals surface area (Å²) in [6.45, 7) is 10.6. The number of aryl methyl sites for hydroxylation is 2. The molecule has 2 aromatic carbocycles. The van der Waals surface area contributed by atoms with Crippen molar-refractivity contribution in [2.24, 2.45) is 9.98 Å². The number of anilines is 1. The minimum atomic E-state index is -0.703. The molecule has 0 spiro atoms. The molecule has 1 unspecified atom stereocenters. The summed E-state index contributed by atoms with van der Waals surface area (Å²) in [6, 6.07) is 15.9. The van der Waals surface area contributed by atoms with E-state index in [2.05, 4.69) is 50.0 Å². The highest BCUT2D eigenvalue weighted by molar-refractivity contribution is 6.30. The maximum atomic E-state index is 10.5. The highest BCUT2D eigenvalue weighted by atomic mass is 35.5. The minimum Gasteiger partial charge on any atom is -0.386 e. The van der Waals surface area contributed by atoms with Crippen molar-refractivity contribution >= 4 is 29.0 Å². The predicted molar refractivity (Wildman–Crippen MR) is 149 cm³/mol. The number of rotatable bonds is 8. The lowest BCUT2D eigenvalue weighted by Gasteiger charge is -2.44. The zero-order chi connectivity index (χ0) is 25.8. The molecule has 0 bridgehead atoms. The molecule has 0 saturated carbocycles. The Hall–Kier alpha value is -2.25. The first-order valence-electron chi connectivity index (χ1n) is 13.5. The van der Waals surface area contributed by atoms with Gasteiger partial charge in [0.05, 0.1) is 24.3 Å². The minimum absolute atomic E-state index is 0.209. The van der Waals surface area contributed by atoms with E-state index >= 15 is 0 Å². The number of halogens is 1. The quantitative estimate of drug-likeness (QED) is 0.382. The van der Waals surface area contributed by atoms with E-state index in [1.54, 1.807) is 6.07 Å². The third-order valence-corrected chi connectivity index (χ3v) is 8.03. The second-order valence-electron chi connectivity index (χ2n) is 10.4. The number of hydrazine groups is 1. The van der Waals surface area contributed by atoms with E-state index in [1.807, 2.05) is 25.1 Å². The molecule has 0 amide bonds. The van der Waals surface area contributed by atoms with E-state index < -0.39 is 6.10 Å². The summed E-state index contributed by atoms with van der Waals surface area (Å²) in [5.41, 5.74) is 4.98. The highest BCUT2D eigenvalue weighted by Crippen LogP contribution is 2.32. The smallest absolute Gasteiger partial charge is 0.0996 e. The Morgan fingerprint density at radius 3 is 2.41 bits per heavy atom. The lowest BCUT2D eigenvalue weighted by Crippen LogP contribution is -2.53. The van der Waals surface area contributed by atoms with Gasteiger partial charge in [0.1, 0.15) is 0 Å². The summed E-state index contributed by atoms with van der Waals surface area (Å²) in [6.07, 6.45) is 3.98. The molecule has 3 fully saturated rings. The number of hydrogen-bond acceptors (Lipinski definition) is 7. The van der Waals surface area contributed by atoms with E-state index in [0.29, 0.717) is 17.1 Å². The van der Waals surface area contributed by atoms with Gasteiger partial charge in [0, 0.05) is 62.2 Å². The van der Waals surface area contributed by atoms with Crippen molar-refractivity contribution in [3.8, 4) is 0 Å². The Morgan fingerprint density at radius 1 is 1.00 bits per heavy atom. The summed E-state index contributed by atoms with van der Waals surface area (Å²) in [5, 5.41) is 16.4. The molecule has 3 heterocycles. The number of aliphatic imine (C=N–C) groups is 2. The summed E-state index contributed by atoms with van der Waals surface area (Å²) in [7, 11) is 0. The molecular weight excluding hydrogens is 486 g/mol. The fourth-order valence-corrected chi connectivity index (χ4v) is 5.89. The third kappa shape index (κ3) is 6.61. The van der Waals surface area contributed by atoms with Crippen LogP contribution in [0.15, 0.2) is 46.4 Å². The van der Waals surface area contributed by atoms with Crippen LogP contribution in [-0.2, 0) is 4.74 Å². The van der Waals surface area contributed by atoms with Crippen molar-refractivity contribution in [1.82, 2.24) is 10.0 Å². The van der Waals surface area contributed by atoms with E-state index in [9.17, 15) is 5.11 Å². The van der Waals surface area contributed by atoms with Crippen molar-refractivity contribution in [3.05, 3.63) is 58.1 Å². The van der Waals surface area contributed by atoms with Crippen molar-refractivity contribution in [1.29, 1.82) is 0 Å². The fourth-order valence-electron chi connectivity index (χ4n) is 5.66. The topological polar surface area (TPSA) is 63.7 Å². The number of nitrogens with zero attached hydrogens (tertiary/aromatic N) is 5. The average molecular weight is 524 g/mol. The number of aliphatic hydroxyl groups excluding tert-OH is 1. The number of piperidine rings is 1. The Bertz CT molecular complexity index is 1130. The van der Waals surface area contributed by atoms with Gasteiger partial charge in [-0.3, -0.25) is 0 Å². The monoisotopic (exact) mass is 523 g/mol. The average Bonchev–Trinajstić information content (AvgIpc) is 3.74. The van der Waals surface area contributed by atoms with Gasteiger partial charge in [0.25, 0.3) is 0 Å². The second-order valence-corrected chi connectivity index (χ2v) is 10.9. The van der Waals surface area contributed by atoms with E-state index in [-0.39, 0.29) is 6.54 Å². The molecule has 3 aliphatic heterocycles. The van der Waals surface area contributed by atoms with E-state index in [0.717, 1.165) is 61.5 Å². The summed E-state index contributed by atoms with van der Waals surface area (Å²) in [4.78, 5) is 11.1. The van der Waals surface area contributed by atoms with Crippen LogP contribution in [0.4, 0.5) is 11.4 Å². The van der Waals surface area contributed by atoms with Gasteiger partial charge in [-0.2, -0.15) is 4.99 Å². The van der Waals surface area contributed by atoms with Gasteiger partial charge >= 0.3 is 0 Å². The first-order chi connectivity index (χ1) is 18.0. The van der Waals surface area contributed by atoms with Gasteiger partial charge < -0.3 is 14.7 Å². The van der Waals surface area contributed by atoms with Gasteiger partial charge in [0.15, 0.2) is 0 Å². The first-order valence-corrected chi connectivity index (χ1v) is 13.9. The Balaban J connectivity index is 1.16. The number of ether oxygens (including phenoxy) is 1. The molecule has 3 saturated heterocycles. The molecule has 1 N–H and O–H groups in total. The van der Waals surface area contributed by atoms with Crippen LogP contribution in [0, 0.1) is 13.8 Å². The van der Waals surface area contributed by atoms with Crippen molar-refractivity contribution in [2.75, 3.05) is 50.8 Å². The maximum Gasteiger partial charge on any atom is 0.0996 e. The third-order valence-electron chi connectivity index (χ3n) is 7.80. The first kappa shape index (κ1) is 26.4. The van der Waals surface area contributed by atoms with Crippen LogP contribution in [-0.4, -0.2) is 79.2 Å².